The van der Waals surface area contributed by atoms with Crippen molar-refractivity contribution in [3.8, 4) is 0 Å². The topological polar surface area (TPSA) is 26.0 Å². The SMILES string of the molecule is CCc1ccc(CC(N)C2CCCCCC2)cc1. The summed E-state index contributed by atoms with van der Waals surface area (Å²) in [5.74, 6) is 0.748. The molecule has 1 atom stereocenters. The molecule has 100 valence electrons. The lowest BCUT2D eigenvalue weighted by molar-refractivity contribution is 0.372. The van der Waals surface area contributed by atoms with Crippen LogP contribution >= 0.6 is 0 Å². The predicted molar refractivity (Wildman–Crippen MR) is 78.7 cm³/mol. The van der Waals surface area contributed by atoms with Crippen molar-refractivity contribution in [1.82, 2.24) is 0 Å². The van der Waals surface area contributed by atoms with Crippen LogP contribution in [0.3, 0.4) is 0 Å². The van der Waals surface area contributed by atoms with Crippen LogP contribution in [0.25, 0.3) is 0 Å². The lowest BCUT2D eigenvalue weighted by Gasteiger charge is -2.22. The van der Waals surface area contributed by atoms with E-state index in [1.54, 1.807) is 0 Å². The second-order valence-electron chi connectivity index (χ2n) is 5.79. The van der Waals surface area contributed by atoms with Crippen molar-refractivity contribution in [2.24, 2.45) is 11.7 Å². The van der Waals surface area contributed by atoms with Crippen LogP contribution in [-0.2, 0) is 12.8 Å². The van der Waals surface area contributed by atoms with Crippen molar-refractivity contribution in [1.29, 1.82) is 0 Å². The standard InChI is InChI=1S/C17H27N/c1-2-14-9-11-15(12-10-14)13-17(18)16-7-5-3-4-6-8-16/h9-12,16-17H,2-8,13,18H2,1H3. The van der Waals surface area contributed by atoms with Crippen molar-refractivity contribution in [2.75, 3.05) is 0 Å². The molecule has 1 nitrogen and oxygen atoms in total. The van der Waals surface area contributed by atoms with E-state index in [1.807, 2.05) is 0 Å². The van der Waals surface area contributed by atoms with Gasteiger partial charge >= 0.3 is 0 Å². The first kappa shape index (κ1) is 13.6. The van der Waals surface area contributed by atoms with Crippen molar-refractivity contribution in [3.63, 3.8) is 0 Å². The molecule has 0 bridgehead atoms. The maximum atomic E-state index is 6.42. The number of benzene rings is 1. The highest BCUT2D eigenvalue weighted by Crippen LogP contribution is 2.26. The fourth-order valence-corrected chi connectivity index (χ4v) is 3.09. The summed E-state index contributed by atoms with van der Waals surface area (Å²) in [6, 6.07) is 9.37. The third-order valence-corrected chi connectivity index (χ3v) is 4.41. The Labute approximate surface area is 112 Å². The Morgan fingerprint density at radius 1 is 1.00 bits per heavy atom. The first-order chi connectivity index (χ1) is 8.79. The Bertz CT molecular complexity index is 333. The summed E-state index contributed by atoms with van der Waals surface area (Å²) < 4.78 is 0. The predicted octanol–water partition coefficient (Wildman–Crippen LogP) is 4.09. The van der Waals surface area contributed by atoms with E-state index >= 15 is 0 Å². The molecule has 1 aliphatic carbocycles. The van der Waals surface area contributed by atoms with E-state index in [9.17, 15) is 0 Å². The first-order valence-electron chi connectivity index (χ1n) is 7.63. The molecule has 0 spiro atoms. The third-order valence-electron chi connectivity index (χ3n) is 4.41. The van der Waals surface area contributed by atoms with E-state index < -0.39 is 0 Å². The summed E-state index contributed by atoms with van der Waals surface area (Å²) in [4.78, 5) is 0. The zero-order valence-electron chi connectivity index (χ0n) is 11.7. The maximum Gasteiger partial charge on any atom is 0.0108 e. The van der Waals surface area contributed by atoms with Gasteiger partial charge in [-0.15, -0.1) is 0 Å². The molecular weight excluding hydrogens is 218 g/mol. The first-order valence-corrected chi connectivity index (χ1v) is 7.63. The third kappa shape index (κ3) is 3.84. The fraction of sp³-hybridized carbons (Fsp3) is 0.647. The largest absolute Gasteiger partial charge is 0.327 e. The van der Waals surface area contributed by atoms with E-state index in [-0.39, 0.29) is 0 Å². The molecule has 1 aromatic carbocycles. The minimum Gasteiger partial charge on any atom is -0.327 e. The summed E-state index contributed by atoms with van der Waals surface area (Å²) >= 11 is 0. The fourth-order valence-electron chi connectivity index (χ4n) is 3.09. The van der Waals surface area contributed by atoms with Crippen LogP contribution in [0.15, 0.2) is 24.3 Å². The van der Waals surface area contributed by atoms with E-state index in [2.05, 4.69) is 31.2 Å². The molecule has 0 aromatic heterocycles. The molecule has 1 saturated carbocycles. The molecular formula is C17H27N. The molecule has 1 fully saturated rings. The van der Waals surface area contributed by atoms with Gasteiger partial charge in [0.2, 0.25) is 0 Å². The highest BCUT2D eigenvalue weighted by atomic mass is 14.6. The molecule has 1 aliphatic rings. The summed E-state index contributed by atoms with van der Waals surface area (Å²) in [6.45, 7) is 2.20. The van der Waals surface area contributed by atoms with Crippen molar-refractivity contribution >= 4 is 0 Å². The number of hydrogen-bond acceptors (Lipinski definition) is 1. The van der Waals surface area contributed by atoms with Gasteiger partial charge in [-0.2, -0.15) is 0 Å². The highest BCUT2D eigenvalue weighted by Gasteiger charge is 2.19. The van der Waals surface area contributed by atoms with Crippen LogP contribution in [-0.4, -0.2) is 6.04 Å². The van der Waals surface area contributed by atoms with Gasteiger partial charge in [0, 0.05) is 6.04 Å². The Morgan fingerprint density at radius 3 is 2.11 bits per heavy atom. The van der Waals surface area contributed by atoms with E-state index in [0.29, 0.717) is 6.04 Å². The molecule has 2 rings (SSSR count). The normalized spacial score (nSPS) is 19.4. The van der Waals surface area contributed by atoms with Gasteiger partial charge in [-0.3, -0.25) is 0 Å². The molecule has 0 amide bonds. The Kier molecular flexibility index (Phi) is 5.25. The molecule has 0 saturated heterocycles. The Morgan fingerprint density at radius 2 is 1.56 bits per heavy atom. The molecule has 0 heterocycles. The zero-order chi connectivity index (χ0) is 12.8. The van der Waals surface area contributed by atoms with Crippen LogP contribution < -0.4 is 5.73 Å². The smallest absolute Gasteiger partial charge is 0.0108 e. The molecule has 0 radical (unpaired) electrons. The van der Waals surface area contributed by atoms with Gasteiger partial charge in [0.05, 0.1) is 0 Å². The monoisotopic (exact) mass is 245 g/mol. The minimum absolute atomic E-state index is 0.357. The van der Waals surface area contributed by atoms with Crippen molar-refractivity contribution in [2.45, 2.75) is 64.3 Å². The summed E-state index contributed by atoms with van der Waals surface area (Å²) in [5.41, 5.74) is 9.25. The molecule has 1 heteroatoms. The van der Waals surface area contributed by atoms with Crippen LogP contribution in [0.1, 0.15) is 56.6 Å². The summed E-state index contributed by atoms with van der Waals surface area (Å²) in [7, 11) is 0. The Hall–Kier alpha value is -0.820. The van der Waals surface area contributed by atoms with Crippen LogP contribution in [0.5, 0.6) is 0 Å². The van der Waals surface area contributed by atoms with Crippen LogP contribution in [0.2, 0.25) is 0 Å². The van der Waals surface area contributed by atoms with Gasteiger partial charge in [-0.1, -0.05) is 56.9 Å². The molecule has 1 aromatic rings. The quantitative estimate of drug-likeness (QED) is 0.794. The van der Waals surface area contributed by atoms with E-state index in [0.717, 1.165) is 18.8 Å². The molecule has 18 heavy (non-hydrogen) atoms. The summed E-state index contributed by atoms with van der Waals surface area (Å²) in [6.07, 6.45) is 10.4. The van der Waals surface area contributed by atoms with Gasteiger partial charge in [0.15, 0.2) is 0 Å². The second kappa shape index (κ2) is 6.94. The second-order valence-corrected chi connectivity index (χ2v) is 5.79. The van der Waals surface area contributed by atoms with Crippen molar-refractivity contribution in [3.05, 3.63) is 35.4 Å². The Balaban J connectivity index is 1.90. The van der Waals surface area contributed by atoms with E-state index in [4.69, 9.17) is 5.73 Å². The summed E-state index contributed by atoms with van der Waals surface area (Å²) in [5, 5.41) is 0. The zero-order valence-corrected chi connectivity index (χ0v) is 11.7. The lowest BCUT2D eigenvalue weighted by Crippen LogP contribution is -2.32. The van der Waals surface area contributed by atoms with Gasteiger partial charge in [0.25, 0.3) is 0 Å². The number of aryl methyl sites for hydroxylation is 1. The average Bonchev–Trinajstić information content (AvgIpc) is 2.68. The maximum absolute atomic E-state index is 6.42. The molecule has 2 N–H and O–H groups in total. The average molecular weight is 245 g/mol. The van der Waals surface area contributed by atoms with Crippen LogP contribution in [0, 0.1) is 5.92 Å². The van der Waals surface area contributed by atoms with Crippen LogP contribution in [0.4, 0.5) is 0 Å². The van der Waals surface area contributed by atoms with Gasteiger partial charge in [-0.25, -0.2) is 0 Å². The highest BCUT2D eigenvalue weighted by molar-refractivity contribution is 5.23. The van der Waals surface area contributed by atoms with E-state index in [1.165, 1.54) is 49.7 Å². The number of rotatable bonds is 4. The minimum atomic E-state index is 0.357. The van der Waals surface area contributed by atoms with Crippen molar-refractivity contribution < 1.29 is 0 Å². The number of nitrogens with two attached hydrogens (primary N) is 1. The number of hydrogen-bond donors (Lipinski definition) is 1. The van der Waals surface area contributed by atoms with Gasteiger partial charge < -0.3 is 5.73 Å². The van der Waals surface area contributed by atoms with Gasteiger partial charge in [-0.05, 0) is 42.7 Å². The molecule has 1 unspecified atom stereocenters. The van der Waals surface area contributed by atoms with Gasteiger partial charge in [0.1, 0.15) is 0 Å². The molecule has 0 aliphatic heterocycles. The lowest BCUT2D eigenvalue weighted by atomic mass is 9.88.